The van der Waals surface area contributed by atoms with Crippen molar-refractivity contribution in [3.8, 4) is 0 Å². The van der Waals surface area contributed by atoms with Crippen LogP contribution in [-0.4, -0.2) is 10.8 Å². The first kappa shape index (κ1) is 10.6. The number of Topliss-reactive ketones (excluding diaryl/α,β-unsaturated/α-hetero) is 1. The number of fused-ring (bicyclic) bond motifs is 1. The van der Waals surface area contributed by atoms with E-state index in [0.717, 1.165) is 25.7 Å². The van der Waals surface area contributed by atoms with Crippen molar-refractivity contribution < 1.29 is 4.79 Å². The van der Waals surface area contributed by atoms with Gasteiger partial charge in [0.05, 0.1) is 16.6 Å². The van der Waals surface area contributed by atoms with Crippen molar-refractivity contribution in [3.63, 3.8) is 0 Å². The Bertz CT molecular complexity index is 492. The summed E-state index contributed by atoms with van der Waals surface area (Å²) in [7, 11) is 0. The van der Waals surface area contributed by atoms with Gasteiger partial charge in [0.25, 0.3) is 0 Å². The quantitative estimate of drug-likeness (QED) is 0.814. The van der Waals surface area contributed by atoms with Crippen molar-refractivity contribution in [1.29, 1.82) is 0 Å². The van der Waals surface area contributed by atoms with Gasteiger partial charge in [0.2, 0.25) is 0 Å². The minimum absolute atomic E-state index is 0.150. The molecule has 15 heavy (non-hydrogen) atoms. The van der Waals surface area contributed by atoms with Crippen LogP contribution in [0.3, 0.4) is 0 Å². The molecule has 1 heterocycles. The minimum atomic E-state index is 0.150. The molecule has 0 bridgehead atoms. The standard InChI is InChI=1S/C11H11NOS2/c1-6-3-8-10(5-9(6)14)15-11(12-8)4-7(2)13/h3,5,14H,4H2,1-2H3. The SMILES string of the molecule is CC(=O)Cc1nc2cc(C)c(S)cc2s1. The predicted octanol–water partition coefficient (Wildman–Crippen LogP) is 3.02. The third kappa shape index (κ3) is 2.21. The zero-order chi connectivity index (χ0) is 11.0. The Balaban J connectivity index is 2.51. The van der Waals surface area contributed by atoms with Gasteiger partial charge in [0, 0.05) is 4.90 Å². The zero-order valence-corrected chi connectivity index (χ0v) is 10.3. The number of hydrogen-bond acceptors (Lipinski definition) is 4. The number of ketones is 1. The zero-order valence-electron chi connectivity index (χ0n) is 8.57. The van der Waals surface area contributed by atoms with Gasteiger partial charge in [-0.2, -0.15) is 0 Å². The summed E-state index contributed by atoms with van der Waals surface area (Å²) in [5.41, 5.74) is 2.08. The van der Waals surface area contributed by atoms with Crippen molar-refractivity contribution in [2.24, 2.45) is 0 Å². The van der Waals surface area contributed by atoms with Crippen LogP contribution in [0.25, 0.3) is 10.2 Å². The molecule has 1 aromatic carbocycles. The van der Waals surface area contributed by atoms with E-state index in [1.165, 1.54) is 0 Å². The van der Waals surface area contributed by atoms with Crippen LogP contribution in [-0.2, 0) is 11.2 Å². The summed E-state index contributed by atoms with van der Waals surface area (Å²) in [6, 6.07) is 4.02. The summed E-state index contributed by atoms with van der Waals surface area (Å²) < 4.78 is 1.10. The summed E-state index contributed by atoms with van der Waals surface area (Å²) in [5, 5.41) is 0.885. The lowest BCUT2D eigenvalue weighted by Crippen LogP contribution is -1.94. The molecule has 0 spiro atoms. The second kappa shape index (κ2) is 3.94. The molecule has 0 aliphatic rings. The molecule has 0 aliphatic heterocycles. The highest BCUT2D eigenvalue weighted by atomic mass is 32.1. The summed E-state index contributed by atoms with van der Waals surface area (Å²) >= 11 is 5.93. The van der Waals surface area contributed by atoms with Crippen LogP contribution in [0.4, 0.5) is 0 Å². The van der Waals surface area contributed by atoms with Gasteiger partial charge in [0.1, 0.15) is 10.8 Å². The van der Waals surface area contributed by atoms with E-state index >= 15 is 0 Å². The number of aryl methyl sites for hydroxylation is 1. The highest BCUT2D eigenvalue weighted by Gasteiger charge is 2.07. The second-order valence-corrected chi connectivity index (χ2v) is 5.19. The molecular formula is C11H11NOS2. The lowest BCUT2D eigenvalue weighted by Gasteiger charge is -1.96. The van der Waals surface area contributed by atoms with E-state index in [1.807, 2.05) is 19.1 Å². The Morgan fingerprint density at radius 3 is 2.93 bits per heavy atom. The van der Waals surface area contributed by atoms with Crippen molar-refractivity contribution >= 4 is 40.0 Å². The molecule has 0 saturated heterocycles. The first-order chi connectivity index (χ1) is 7.06. The van der Waals surface area contributed by atoms with E-state index in [2.05, 4.69) is 17.6 Å². The number of thiol groups is 1. The van der Waals surface area contributed by atoms with Gasteiger partial charge in [-0.15, -0.1) is 24.0 Å². The molecule has 0 unspecified atom stereocenters. The Morgan fingerprint density at radius 2 is 2.27 bits per heavy atom. The van der Waals surface area contributed by atoms with Crippen LogP contribution in [0.1, 0.15) is 17.5 Å². The molecule has 0 atom stereocenters. The molecule has 2 nitrogen and oxygen atoms in total. The Labute approximate surface area is 97.7 Å². The Kier molecular flexibility index (Phi) is 2.80. The van der Waals surface area contributed by atoms with E-state index in [1.54, 1.807) is 18.3 Å². The number of thiazole rings is 1. The normalized spacial score (nSPS) is 10.9. The smallest absolute Gasteiger partial charge is 0.136 e. The van der Waals surface area contributed by atoms with Gasteiger partial charge in [-0.05, 0) is 31.5 Å². The average Bonchev–Trinajstić information content (AvgIpc) is 2.46. The molecule has 4 heteroatoms. The lowest BCUT2D eigenvalue weighted by molar-refractivity contribution is -0.116. The minimum Gasteiger partial charge on any atom is -0.300 e. The van der Waals surface area contributed by atoms with E-state index in [0.29, 0.717) is 6.42 Å². The van der Waals surface area contributed by atoms with Crippen LogP contribution in [0.2, 0.25) is 0 Å². The summed E-state index contributed by atoms with van der Waals surface area (Å²) in [6.45, 7) is 3.59. The molecule has 0 saturated carbocycles. The fourth-order valence-electron chi connectivity index (χ4n) is 1.40. The maximum Gasteiger partial charge on any atom is 0.136 e. The van der Waals surface area contributed by atoms with Gasteiger partial charge in [0.15, 0.2) is 0 Å². The van der Waals surface area contributed by atoms with Crippen LogP contribution in [0, 0.1) is 6.92 Å². The molecule has 0 radical (unpaired) electrons. The molecule has 0 N–H and O–H groups in total. The predicted molar refractivity (Wildman–Crippen MR) is 66.0 cm³/mol. The molecule has 78 valence electrons. The molecule has 1 aromatic heterocycles. The van der Waals surface area contributed by atoms with E-state index in [4.69, 9.17) is 0 Å². The molecule has 2 aromatic rings. The topological polar surface area (TPSA) is 30.0 Å². The number of carbonyl (C=O) groups is 1. The Morgan fingerprint density at radius 1 is 1.53 bits per heavy atom. The Hall–Kier alpha value is -0.870. The number of nitrogens with zero attached hydrogens (tertiary/aromatic N) is 1. The first-order valence-electron chi connectivity index (χ1n) is 4.65. The van der Waals surface area contributed by atoms with E-state index in [9.17, 15) is 4.79 Å². The van der Waals surface area contributed by atoms with Crippen LogP contribution in [0.5, 0.6) is 0 Å². The maximum absolute atomic E-state index is 11.0. The average molecular weight is 237 g/mol. The second-order valence-electron chi connectivity index (χ2n) is 3.59. The van der Waals surface area contributed by atoms with Gasteiger partial charge in [-0.25, -0.2) is 4.98 Å². The number of rotatable bonds is 2. The van der Waals surface area contributed by atoms with Crippen molar-refractivity contribution in [1.82, 2.24) is 4.98 Å². The molecule has 0 fully saturated rings. The van der Waals surface area contributed by atoms with E-state index in [-0.39, 0.29) is 5.78 Å². The highest BCUT2D eigenvalue weighted by molar-refractivity contribution is 7.80. The van der Waals surface area contributed by atoms with E-state index < -0.39 is 0 Å². The molecule has 0 amide bonds. The number of benzene rings is 1. The third-order valence-electron chi connectivity index (χ3n) is 2.15. The molecular weight excluding hydrogens is 226 g/mol. The lowest BCUT2D eigenvalue weighted by atomic mass is 10.2. The van der Waals surface area contributed by atoms with Crippen LogP contribution in [0.15, 0.2) is 17.0 Å². The fraction of sp³-hybridized carbons (Fsp3) is 0.273. The van der Waals surface area contributed by atoms with Gasteiger partial charge >= 0.3 is 0 Å². The molecule has 0 aliphatic carbocycles. The fourth-order valence-corrected chi connectivity index (χ4v) is 2.74. The monoisotopic (exact) mass is 237 g/mol. The van der Waals surface area contributed by atoms with Crippen molar-refractivity contribution in [3.05, 3.63) is 22.7 Å². The summed E-state index contributed by atoms with van der Waals surface area (Å²) in [4.78, 5) is 16.4. The van der Waals surface area contributed by atoms with Crippen molar-refractivity contribution in [2.75, 3.05) is 0 Å². The van der Waals surface area contributed by atoms with Crippen LogP contribution >= 0.6 is 24.0 Å². The number of carbonyl (C=O) groups excluding carboxylic acids is 1. The van der Waals surface area contributed by atoms with Crippen LogP contribution < -0.4 is 0 Å². The summed E-state index contributed by atoms with van der Waals surface area (Å²) in [5.74, 6) is 0.150. The molecule has 2 rings (SSSR count). The number of aromatic nitrogens is 1. The van der Waals surface area contributed by atoms with Crippen molar-refractivity contribution in [2.45, 2.75) is 25.2 Å². The maximum atomic E-state index is 11.0. The first-order valence-corrected chi connectivity index (χ1v) is 5.91. The highest BCUT2D eigenvalue weighted by Crippen LogP contribution is 2.27. The summed E-state index contributed by atoms with van der Waals surface area (Å²) in [6.07, 6.45) is 0.431. The van der Waals surface area contributed by atoms with Gasteiger partial charge < -0.3 is 0 Å². The van der Waals surface area contributed by atoms with Gasteiger partial charge in [-0.1, -0.05) is 0 Å². The number of hydrogen-bond donors (Lipinski definition) is 1. The van der Waals surface area contributed by atoms with Gasteiger partial charge in [-0.3, -0.25) is 4.79 Å². The third-order valence-corrected chi connectivity index (χ3v) is 3.65. The largest absolute Gasteiger partial charge is 0.300 e.